The number of fused-ring (bicyclic) bond motifs is 1. The Hall–Kier alpha value is -2.53. The second kappa shape index (κ2) is 8.03. The Kier molecular flexibility index (Phi) is 5.56. The van der Waals surface area contributed by atoms with Crippen molar-refractivity contribution in [3.63, 3.8) is 0 Å². The lowest BCUT2D eigenvalue weighted by Gasteiger charge is -2.07. The lowest BCUT2D eigenvalue weighted by Crippen LogP contribution is -2.22. The summed E-state index contributed by atoms with van der Waals surface area (Å²) < 4.78 is 7.44. The largest absolute Gasteiger partial charge is 0.494 e. The SMILES string of the molecule is CCCCOc1ccc(C(=O)NCc2cn3cc(Cl)ccc3n2)cc1. The highest BCUT2D eigenvalue weighted by Gasteiger charge is 2.08. The van der Waals surface area contributed by atoms with Crippen LogP contribution in [0.25, 0.3) is 5.65 Å². The number of unbranched alkanes of at least 4 members (excludes halogenated alkanes) is 1. The molecule has 0 aliphatic rings. The van der Waals surface area contributed by atoms with Crippen LogP contribution in [0.3, 0.4) is 0 Å². The number of carbonyl (C=O) groups is 1. The fourth-order valence-electron chi connectivity index (χ4n) is 2.41. The normalized spacial score (nSPS) is 10.8. The van der Waals surface area contributed by atoms with E-state index in [1.807, 2.05) is 28.8 Å². The number of benzene rings is 1. The molecule has 5 nitrogen and oxygen atoms in total. The zero-order chi connectivity index (χ0) is 17.6. The van der Waals surface area contributed by atoms with Gasteiger partial charge in [0.15, 0.2) is 0 Å². The molecule has 0 bridgehead atoms. The van der Waals surface area contributed by atoms with Crippen molar-refractivity contribution in [1.29, 1.82) is 0 Å². The Morgan fingerprint density at radius 2 is 2.00 bits per heavy atom. The molecule has 1 aromatic carbocycles. The molecule has 0 fully saturated rings. The molecule has 3 rings (SSSR count). The van der Waals surface area contributed by atoms with Gasteiger partial charge in [-0.3, -0.25) is 4.79 Å². The molecule has 0 unspecified atom stereocenters. The van der Waals surface area contributed by atoms with Crippen molar-refractivity contribution in [3.05, 3.63) is 65.1 Å². The number of halogens is 1. The van der Waals surface area contributed by atoms with Gasteiger partial charge in [-0.25, -0.2) is 4.98 Å². The lowest BCUT2D eigenvalue weighted by atomic mass is 10.2. The Balaban J connectivity index is 1.57. The molecule has 0 aliphatic carbocycles. The number of pyridine rings is 1. The monoisotopic (exact) mass is 357 g/mol. The molecule has 130 valence electrons. The second-order valence-corrected chi connectivity index (χ2v) is 6.19. The maximum atomic E-state index is 12.3. The number of nitrogens with one attached hydrogen (secondary N) is 1. The molecule has 0 saturated heterocycles. The van der Waals surface area contributed by atoms with Crippen molar-refractivity contribution >= 4 is 23.2 Å². The molecule has 3 aromatic rings. The summed E-state index contributed by atoms with van der Waals surface area (Å²) >= 11 is 5.96. The average Bonchev–Trinajstić information content (AvgIpc) is 3.02. The van der Waals surface area contributed by atoms with Crippen molar-refractivity contribution < 1.29 is 9.53 Å². The van der Waals surface area contributed by atoms with Gasteiger partial charge >= 0.3 is 0 Å². The number of amides is 1. The number of ether oxygens (including phenoxy) is 1. The van der Waals surface area contributed by atoms with Crippen LogP contribution in [0.2, 0.25) is 5.02 Å². The van der Waals surface area contributed by atoms with Crippen LogP contribution in [-0.4, -0.2) is 21.9 Å². The Labute approximate surface area is 151 Å². The van der Waals surface area contributed by atoms with Crippen molar-refractivity contribution in [2.24, 2.45) is 0 Å². The summed E-state index contributed by atoms with van der Waals surface area (Å²) in [6.45, 7) is 3.17. The van der Waals surface area contributed by atoms with E-state index in [9.17, 15) is 4.79 Å². The van der Waals surface area contributed by atoms with Crippen LogP contribution < -0.4 is 10.1 Å². The van der Waals surface area contributed by atoms with E-state index in [1.54, 1.807) is 24.4 Å². The highest BCUT2D eigenvalue weighted by atomic mass is 35.5. The van der Waals surface area contributed by atoms with Gasteiger partial charge in [0, 0.05) is 18.0 Å². The number of aromatic nitrogens is 2. The number of rotatable bonds is 7. The topological polar surface area (TPSA) is 55.6 Å². The van der Waals surface area contributed by atoms with Crippen LogP contribution in [0.1, 0.15) is 35.8 Å². The minimum atomic E-state index is -0.143. The standard InChI is InChI=1S/C19H20ClN3O2/c1-2-3-10-25-17-7-4-14(5-8-17)19(24)21-11-16-13-23-12-15(20)6-9-18(23)22-16/h4-9,12-13H,2-3,10-11H2,1H3,(H,21,24). The quantitative estimate of drug-likeness (QED) is 0.648. The number of nitrogens with zero attached hydrogens (tertiary/aromatic N) is 2. The molecule has 0 atom stereocenters. The van der Waals surface area contributed by atoms with Crippen LogP contribution in [0, 0.1) is 0 Å². The first-order valence-corrected chi connectivity index (χ1v) is 8.67. The van der Waals surface area contributed by atoms with Gasteiger partial charge in [-0.05, 0) is 42.8 Å². The van der Waals surface area contributed by atoms with Crippen molar-refractivity contribution in [1.82, 2.24) is 14.7 Å². The third kappa shape index (κ3) is 4.51. The molecule has 0 radical (unpaired) electrons. The van der Waals surface area contributed by atoms with Gasteiger partial charge in [0.1, 0.15) is 11.4 Å². The van der Waals surface area contributed by atoms with E-state index >= 15 is 0 Å². The number of carbonyl (C=O) groups excluding carboxylic acids is 1. The molecule has 0 spiro atoms. The zero-order valence-electron chi connectivity index (χ0n) is 14.0. The van der Waals surface area contributed by atoms with Crippen LogP contribution in [0.4, 0.5) is 0 Å². The first-order chi connectivity index (χ1) is 12.2. The van der Waals surface area contributed by atoms with Crippen LogP contribution >= 0.6 is 11.6 Å². The Bertz CT molecular complexity index is 859. The molecule has 2 aromatic heterocycles. The van der Waals surface area contributed by atoms with Gasteiger partial charge in [-0.1, -0.05) is 24.9 Å². The Morgan fingerprint density at radius 1 is 1.20 bits per heavy atom. The first kappa shape index (κ1) is 17.3. The van der Waals surface area contributed by atoms with Crippen molar-refractivity contribution in [2.45, 2.75) is 26.3 Å². The molecule has 6 heteroatoms. The zero-order valence-corrected chi connectivity index (χ0v) is 14.8. The highest BCUT2D eigenvalue weighted by molar-refractivity contribution is 6.30. The van der Waals surface area contributed by atoms with Gasteiger partial charge in [0.2, 0.25) is 0 Å². The van der Waals surface area contributed by atoms with Gasteiger partial charge in [-0.2, -0.15) is 0 Å². The number of hydrogen-bond acceptors (Lipinski definition) is 3. The number of hydrogen-bond donors (Lipinski definition) is 1. The molecule has 2 heterocycles. The molecule has 25 heavy (non-hydrogen) atoms. The van der Waals surface area contributed by atoms with Crippen molar-refractivity contribution in [2.75, 3.05) is 6.61 Å². The number of imidazole rings is 1. The molecule has 0 saturated carbocycles. The fraction of sp³-hybridized carbons (Fsp3) is 0.263. The maximum absolute atomic E-state index is 12.3. The maximum Gasteiger partial charge on any atom is 0.251 e. The predicted molar refractivity (Wildman–Crippen MR) is 98.2 cm³/mol. The summed E-state index contributed by atoms with van der Waals surface area (Å²) in [6, 6.07) is 10.8. The van der Waals surface area contributed by atoms with Gasteiger partial charge < -0.3 is 14.5 Å². The van der Waals surface area contributed by atoms with Crippen LogP contribution in [-0.2, 0) is 6.54 Å². The van der Waals surface area contributed by atoms with Gasteiger partial charge in [-0.15, -0.1) is 0 Å². The van der Waals surface area contributed by atoms with E-state index in [1.165, 1.54) is 0 Å². The molecular formula is C19H20ClN3O2. The average molecular weight is 358 g/mol. The summed E-state index contributed by atoms with van der Waals surface area (Å²) in [6.07, 6.45) is 5.75. The van der Waals surface area contributed by atoms with E-state index in [-0.39, 0.29) is 5.91 Å². The smallest absolute Gasteiger partial charge is 0.251 e. The summed E-state index contributed by atoms with van der Waals surface area (Å²) in [5.74, 6) is 0.637. The Morgan fingerprint density at radius 3 is 2.76 bits per heavy atom. The van der Waals surface area contributed by atoms with Crippen LogP contribution in [0.5, 0.6) is 5.75 Å². The highest BCUT2D eigenvalue weighted by Crippen LogP contribution is 2.14. The first-order valence-electron chi connectivity index (χ1n) is 8.30. The molecule has 0 aliphatic heterocycles. The summed E-state index contributed by atoms with van der Waals surface area (Å²) in [5, 5.41) is 3.51. The minimum absolute atomic E-state index is 0.143. The fourth-order valence-corrected chi connectivity index (χ4v) is 2.58. The third-order valence-electron chi connectivity index (χ3n) is 3.78. The van der Waals surface area contributed by atoms with E-state index in [0.717, 1.165) is 29.9 Å². The summed E-state index contributed by atoms with van der Waals surface area (Å²) in [7, 11) is 0. The van der Waals surface area contributed by atoms with Gasteiger partial charge in [0.05, 0.1) is 23.9 Å². The molecular weight excluding hydrogens is 338 g/mol. The van der Waals surface area contributed by atoms with Crippen molar-refractivity contribution in [3.8, 4) is 5.75 Å². The summed E-state index contributed by atoms with van der Waals surface area (Å²) in [5.41, 5.74) is 2.16. The third-order valence-corrected chi connectivity index (χ3v) is 4.00. The molecule has 1 N–H and O–H groups in total. The second-order valence-electron chi connectivity index (χ2n) is 5.75. The van der Waals surface area contributed by atoms with Gasteiger partial charge in [0.25, 0.3) is 5.91 Å². The molecule has 1 amide bonds. The van der Waals surface area contributed by atoms with E-state index in [2.05, 4.69) is 17.2 Å². The van der Waals surface area contributed by atoms with E-state index in [4.69, 9.17) is 16.3 Å². The van der Waals surface area contributed by atoms with Crippen LogP contribution in [0.15, 0.2) is 48.8 Å². The van der Waals surface area contributed by atoms with E-state index < -0.39 is 0 Å². The lowest BCUT2D eigenvalue weighted by molar-refractivity contribution is 0.0950. The predicted octanol–water partition coefficient (Wildman–Crippen LogP) is 4.10. The van der Waals surface area contributed by atoms with E-state index in [0.29, 0.717) is 23.7 Å². The summed E-state index contributed by atoms with van der Waals surface area (Å²) in [4.78, 5) is 16.7. The minimum Gasteiger partial charge on any atom is -0.494 e.